The van der Waals surface area contributed by atoms with E-state index >= 15 is 0 Å². The Morgan fingerprint density at radius 3 is 2.46 bits per heavy atom. The van der Waals surface area contributed by atoms with Gasteiger partial charge in [-0.25, -0.2) is 0 Å². The minimum Gasteiger partial charge on any atom is -0.345 e. The van der Waals surface area contributed by atoms with Crippen molar-refractivity contribution in [3.8, 4) is 6.07 Å². The van der Waals surface area contributed by atoms with Crippen molar-refractivity contribution in [1.82, 2.24) is 9.88 Å². The molecule has 4 heteroatoms. The Hall–Kier alpha value is -4.62. The number of hydrogen-bond acceptors (Lipinski definition) is 2. The molecule has 0 bridgehead atoms. The number of carbonyl (C=O) groups is 1. The van der Waals surface area contributed by atoms with Crippen molar-refractivity contribution in [1.29, 1.82) is 5.26 Å². The zero-order valence-corrected chi connectivity index (χ0v) is 19.5. The summed E-state index contributed by atoms with van der Waals surface area (Å²) in [4.78, 5) is 12.9. The maximum atomic E-state index is 12.9. The van der Waals surface area contributed by atoms with Crippen LogP contribution in [0, 0.1) is 11.3 Å². The van der Waals surface area contributed by atoms with Crippen LogP contribution in [0.1, 0.15) is 29.7 Å². The molecule has 0 spiro atoms. The summed E-state index contributed by atoms with van der Waals surface area (Å²) in [7, 11) is 0. The molecular formula is C31H25N3O. The molecule has 0 radical (unpaired) electrons. The van der Waals surface area contributed by atoms with Crippen LogP contribution in [-0.4, -0.2) is 10.5 Å². The molecule has 0 unspecified atom stereocenters. The molecule has 0 aliphatic carbocycles. The highest BCUT2D eigenvalue weighted by Crippen LogP contribution is 2.26. The van der Waals surface area contributed by atoms with Gasteiger partial charge in [0.1, 0.15) is 11.6 Å². The molecule has 5 rings (SSSR count). The smallest absolute Gasteiger partial charge is 0.262 e. The lowest BCUT2D eigenvalue weighted by atomic mass is 10.1. The van der Waals surface area contributed by atoms with Crippen LogP contribution < -0.4 is 5.32 Å². The fraction of sp³-hybridized carbons (Fsp3) is 0.0968. The fourth-order valence-electron chi connectivity index (χ4n) is 4.46. The second kappa shape index (κ2) is 9.70. The first kappa shape index (κ1) is 22.2. The lowest BCUT2D eigenvalue weighted by molar-refractivity contribution is -0.117. The van der Waals surface area contributed by atoms with Crippen LogP contribution in [0.4, 0.5) is 0 Å². The third-order valence-corrected chi connectivity index (χ3v) is 6.30. The van der Waals surface area contributed by atoms with Crippen molar-refractivity contribution >= 4 is 33.7 Å². The van der Waals surface area contributed by atoms with Crippen LogP contribution in [0.2, 0.25) is 0 Å². The Bertz CT molecular complexity index is 1590. The number of rotatable bonds is 6. The molecule has 1 atom stereocenters. The standard InChI is InChI=1S/C31H25N3O/c1-22(24-9-3-2-4-10-24)33-31(35)27(19-32)18-28-21-34(30-14-8-7-13-29(28)30)20-23-15-16-25-11-5-6-12-26(25)17-23/h2-18,21-22H,20H2,1H3,(H,33,35)/b27-18-/t22-/m0/s1. The summed E-state index contributed by atoms with van der Waals surface area (Å²) in [6.45, 7) is 2.61. The number of hydrogen-bond donors (Lipinski definition) is 1. The molecule has 1 heterocycles. The number of nitrogens with zero attached hydrogens (tertiary/aromatic N) is 2. The maximum absolute atomic E-state index is 12.9. The molecule has 0 aliphatic rings. The Balaban J connectivity index is 1.45. The number of fused-ring (bicyclic) bond motifs is 2. The van der Waals surface area contributed by atoms with Crippen LogP contribution in [0.3, 0.4) is 0 Å². The average molecular weight is 456 g/mol. The van der Waals surface area contributed by atoms with Gasteiger partial charge in [-0.1, -0.05) is 84.9 Å². The van der Waals surface area contributed by atoms with Gasteiger partial charge < -0.3 is 9.88 Å². The zero-order valence-electron chi connectivity index (χ0n) is 19.5. The summed E-state index contributed by atoms with van der Waals surface area (Å²) < 4.78 is 2.17. The second-order valence-electron chi connectivity index (χ2n) is 8.69. The maximum Gasteiger partial charge on any atom is 0.262 e. The molecule has 4 nitrogen and oxygen atoms in total. The van der Waals surface area contributed by atoms with Crippen molar-refractivity contribution in [2.24, 2.45) is 0 Å². The zero-order chi connectivity index (χ0) is 24.2. The van der Waals surface area contributed by atoms with Crippen molar-refractivity contribution < 1.29 is 4.79 Å². The van der Waals surface area contributed by atoms with E-state index in [-0.39, 0.29) is 17.5 Å². The molecule has 170 valence electrons. The van der Waals surface area contributed by atoms with Crippen molar-refractivity contribution in [3.63, 3.8) is 0 Å². The highest BCUT2D eigenvalue weighted by molar-refractivity contribution is 6.04. The quantitative estimate of drug-likeness (QED) is 0.231. The van der Waals surface area contributed by atoms with E-state index in [1.54, 1.807) is 6.08 Å². The molecule has 1 aromatic heterocycles. The highest BCUT2D eigenvalue weighted by Gasteiger charge is 2.15. The third kappa shape index (κ3) is 4.71. The normalized spacial score (nSPS) is 12.4. The Morgan fingerprint density at radius 1 is 0.943 bits per heavy atom. The van der Waals surface area contributed by atoms with Crippen LogP contribution in [0.15, 0.2) is 109 Å². The first-order valence-electron chi connectivity index (χ1n) is 11.7. The van der Waals surface area contributed by atoms with Crippen molar-refractivity contribution in [2.75, 3.05) is 0 Å². The lowest BCUT2D eigenvalue weighted by Gasteiger charge is -2.13. The van der Waals surface area contributed by atoms with E-state index in [0.29, 0.717) is 6.54 Å². The number of amides is 1. The van der Waals surface area contributed by atoms with Gasteiger partial charge in [-0.05, 0) is 47.0 Å². The van der Waals surface area contributed by atoms with E-state index in [2.05, 4.69) is 52.4 Å². The minimum absolute atomic E-state index is 0.0846. The summed E-state index contributed by atoms with van der Waals surface area (Å²) in [5, 5.41) is 16.1. The molecule has 1 N–H and O–H groups in total. The van der Waals surface area contributed by atoms with Gasteiger partial charge in [0, 0.05) is 29.2 Å². The molecule has 0 saturated carbocycles. The van der Waals surface area contributed by atoms with Crippen LogP contribution in [0.25, 0.3) is 27.8 Å². The van der Waals surface area contributed by atoms with E-state index in [0.717, 1.165) is 22.0 Å². The van der Waals surface area contributed by atoms with Crippen LogP contribution in [0.5, 0.6) is 0 Å². The summed E-state index contributed by atoms with van der Waals surface area (Å²) in [5.74, 6) is -0.379. The second-order valence-corrected chi connectivity index (χ2v) is 8.69. The van der Waals surface area contributed by atoms with Gasteiger partial charge >= 0.3 is 0 Å². The summed E-state index contributed by atoms with van der Waals surface area (Å²) >= 11 is 0. The predicted molar refractivity (Wildman–Crippen MR) is 142 cm³/mol. The van der Waals surface area contributed by atoms with E-state index in [4.69, 9.17) is 0 Å². The van der Waals surface area contributed by atoms with Crippen LogP contribution in [-0.2, 0) is 11.3 Å². The summed E-state index contributed by atoms with van der Waals surface area (Å²) in [6, 6.07) is 34.5. The number of carbonyl (C=O) groups excluding carboxylic acids is 1. The molecule has 35 heavy (non-hydrogen) atoms. The minimum atomic E-state index is -0.379. The first-order valence-corrected chi connectivity index (χ1v) is 11.7. The van der Waals surface area contributed by atoms with Gasteiger partial charge in [-0.3, -0.25) is 4.79 Å². The van der Waals surface area contributed by atoms with E-state index < -0.39 is 0 Å². The number of nitriles is 1. The SMILES string of the molecule is C[C@H](NC(=O)/C(C#N)=C\c1cn(Cc2ccc3ccccc3c2)c2ccccc12)c1ccccc1. The largest absolute Gasteiger partial charge is 0.345 e. The third-order valence-electron chi connectivity index (χ3n) is 6.30. The molecule has 5 aromatic rings. The Kier molecular flexibility index (Phi) is 6.15. The number of para-hydroxylation sites is 1. The first-order chi connectivity index (χ1) is 17.1. The van der Waals surface area contributed by atoms with Crippen molar-refractivity contribution in [2.45, 2.75) is 19.5 Å². The molecular weight excluding hydrogens is 430 g/mol. The predicted octanol–water partition coefficient (Wildman–Crippen LogP) is 6.63. The number of benzene rings is 4. The molecule has 0 saturated heterocycles. The number of nitrogens with one attached hydrogen (secondary N) is 1. The Morgan fingerprint density at radius 2 is 1.66 bits per heavy atom. The van der Waals surface area contributed by atoms with Gasteiger partial charge in [-0.2, -0.15) is 5.26 Å². The Labute approximate surface area is 204 Å². The van der Waals surface area contributed by atoms with Crippen molar-refractivity contribution in [3.05, 3.63) is 126 Å². The van der Waals surface area contributed by atoms with Gasteiger partial charge in [0.15, 0.2) is 0 Å². The van der Waals surface area contributed by atoms with Gasteiger partial charge in [0.25, 0.3) is 5.91 Å². The highest BCUT2D eigenvalue weighted by atomic mass is 16.1. The van der Waals surface area contributed by atoms with Gasteiger partial charge in [0.2, 0.25) is 0 Å². The lowest BCUT2D eigenvalue weighted by Crippen LogP contribution is -2.27. The topological polar surface area (TPSA) is 57.8 Å². The molecule has 4 aromatic carbocycles. The van der Waals surface area contributed by atoms with E-state index in [1.807, 2.05) is 73.8 Å². The molecule has 1 amide bonds. The average Bonchev–Trinajstić information content (AvgIpc) is 3.24. The summed E-state index contributed by atoms with van der Waals surface area (Å²) in [5.41, 5.74) is 4.17. The van der Waals surface area contributed by atoms with E-state index in [9.17, 15) is 10.1 Å². The molecule has 0 fully saturated rings. The fourth-order valence-corrected chi connectivity index (χ4v) is 4.46. The van der Waals surface area contributed by atoms with Crippen LogP contribution >= 0.6 is 0 Å². The molecule has 0 aliphatic heterocycles. The number of aromatic nitrogens is 1. The summed E-state index contributed by atoms with van der Waals surface area (Å²) in [6.07, 6.45) is 3.71. The van der Waals surface area contributed by atoms with Gasteiger partial charge in [-0.15, -0.1) is 0 Å². The van der Waals surface area contributed by atoms with Gasteiger partial charge in [0.05, 0.1) is 6.04 Å². The monoisotopic (exact) mass is 455 g/mol. The van der Waals surface area contributed by atoms with E-state index in [1.165, 1.54) is 16.3 Å².